The molecule has 2 rings (SSSR count). The zero-order chi connectivity index (χ0) is 10.8. The van der Waals surface area contributed by atoms with Crippen LogP contribution in [0.4, 0.5) is 10.5 Å². The van der Waals surface area contributed by atoms with Crippen molar-refractivity contribution in [3.05, 3.63) is 29.3 Å². The molecule has 3 amide bonds. The Bertz CT molecular complexity index is 420. The molecule has 4 nitrogen and oxygen atoms in total. The maximum atomic E-state index is 11.5. The van der Waals surface area contributed by atoms with Crippen LogP contribution in [0.3, 0.4) is 0 Å². The number of rotatable bonds is 1. The smallest absolute Gasteiger partial charge is 0.294 e. The molecule has 0 aromatic heterocycles. The summed E-state index contributed by atoms with van der Waals surface area (Å²) >= 11 is 5.82. The highest BCUT2D eigenvalue weighted by Gasteiger charge is 2.23. The molecule has 0 aliphatic carbocycles. The van der Waals surface area contributed by atoms with E-state index >= 15 is 0 Å². The normalized spacial score (nSPS) is 16.5. The molecule has 1 N–H and O–H groups in total. The molecule has 1 fully saturated rings. The minimum Gasteiger partial charge on any atom is -0.294 e. The number of hydrogen-bond acceptors (Lipinski definition) is 2. The Balaban J connectivity index is 2.24. The van der Waals surface area contributed by atoms with Crippen molar-refractivity contribution in [1.82, 2.24) is 5.32 Å². The van der Waals surface area contributed by atoms with Crippen molar-refractivity contribution in [3.63, 3.8) is 0 Å². The number of urea groups is 1. The molecular weight excluding hydrogens is 216 g/mol. The van der Waals surface area contributed by atoms with Crippen molar-refractivity contribution in [1.29, 1.82) is 0 Å². The molecule has 1 aliphatic heterocycles. The second-order valence-electron chi connectivity index (χ2n) is 3.23. The van der Waals surface area contributed by atoms with E-state index in [1.165, 1.54) is 4.90 Å². The van der Waals surface area contributed by atoms with E-state index in [1.807, 2.05) is 0 Å². The van der Waals surface area contributed by atoms with E-state index in [1.54, 1.807) is 24.3 Å². The number of nitrogens with zero attached hydrogens (tertiary/aromatic N) is 1. The molecule has 0 bridgehead atoms. The van der Waals surface area contributed by atoms with Crippen molar-refractivity contribution in [2.24, 2.45) is 0 Å². The number of carbonyl (C=O) groups is 2. The number of halogens is 1. The van der Waals surface area contributed by atoms with E-state index in [0.717, 1.165) is 0 Å². The molecule has 15 heavy (non-hydrogen) atoms. The summed E-state index contributed by atoms with van der Waals surface area (Å²) in [5.41, 5.74) is 0.701. The molecule has 5 heteroatoms. The number of anilines is 1. The Hall–Kier alpha value is -1.55. The third-order valence-electron chi connectivity index (χ3n) is 2.17. The highest BCUT2D eigenvalue weighted by atomic mass is 35.5. The van der Waals surface area contributed by atoms with Crippen LogP contribution in [0.5, 0.6) is 0 Å². The summed E-state index contributed by atoms with van der Waals surface area (Å²) in [6, 6.07) is 6.57. The highest BCUT2D eigenvalue weighted by molar-refractivity contribution is 6.31. The van der Waals surface area contributed by atoms with E-state index in [0.29, 0.717) is 23.7 Å². The molecule has 1 saturated heterocycles. The Kier molecular flexibility index (Phi) is 2.60. The molecule has 0 atom stereocenters. The highest BCUT2D eigenvalue weighted by Crippen LogP contribution is 2.20. The fourth-order valence-corrected chi connectivity index (χ4v) is 1.64. The maximum absolute atomic E-state index is 11.5. The van der Waals surface area contributed by atoms with Gasteiger partial charge < -0.3 is 0 Å². The summed E-state index contributed by atoms with van der Waals surface area (Å²) < 4.78 is 0. The standard InChI is InChI=1S/C10H9ClN2O2/c11-7-2-1-3-8(6-7)13-5-4-9(14)12-10(13)15/h1-3,6H,4-5H2,(H,12,14,15). The Morgan fingerprint density at radius 1 is 1.33 bits per heavy atom. The molecule has 0 saturated carbocycles. The topological polar surface area (TPSA) is 49.4 Å². The van der Waals surface area contributed by atoms with Gasteiger partial charge in [0.25, 0.3) is 0 Å². The van der Waals surface area contributed by atoms with Gasteiger partial charge in [-0.3, -0.25) is 15.0 Å². The van der Waals surface area contributed by atoms with Gasteiger partial charge in [0.2, 0.25) is 5.91 Å². The summed E-state index contributed by atoms with van der Waals surface area (Å²) in [4.78, 5) is 23.9. The van der Waals surface area contributed by atoms with E-state index in [2.05, 4.69) is 5.32 Å². The van der Waals surface area contributed by atoms with E-state index in [9.17, 15) is 9.59 Å². The third kappa shape index (κ3) is 2.10. The summed E-state index contributed by atoms with van der Waals surface area (Å²) in [7, 11) is 0. The van der Waals surface area contributed by atoms with Gasteiger partial charge in [0.1, 0.15) is 0 Å². The quantitative estimate of drug-likeness (QED) is 0.791. The predicted molar refractivity (Wildman–Crippen MR) is 57.0 cm³/mol. The van der Waals surface area contributed by atoms with Crippen LogP contribution in [0.2, 0.25) is 5.02 Å². The largest absolute Gasteiger partial charge is 0.328 e. The lowest BCUT2D eigenvalue weighted by Gasteiger charge is -2.26. The van der Waals surface area contributed by atoms with Crippen molar-refractivity contribution in [3.8, 4) is 0 Å². The van der Waals surface area contributed by atoms with Gasteiger partial charge in [0.15, 0.2) is 0 Å². The molecule has 1 aliphatic rings. The van der Waals surface area contributed by atoms with Crippen molar-refractivity contribution >= 4 is 29.2 Å². The minimum absolute atomic E-state index is 0.238. The summed E-state index contributed by atoms with van der Waals surface area (Å²) in [6.45, 7) is 0.394. The average Bonchev–Trinajstić information content (AvgIpc) is 2.17. The van der Waals surface area contributed by atoms with Crippen molar-refractivity contribution in [2.75, 3.05) is 11.4 Å². The molecule has 1 aromatic rings. The Morgan fingerprint density at radius 3 is 2.80 bits per heavy atom. The number of benzene rings is 1. The van der Waals surface area contributed by atoms with Crippen LogP contribution in [0.15, 0.2) is 24.3 Å². The van der Waals surface area contributed by atoms with Crippen LogP contribution in [0.1, 0.15) is 6.42 Å². The number of carbonyl (C=O) groups excluding carboxylic acids is 2. The Labute approximate surface area is 91.8 Å². The van der Waals surface area contributed by atoms with Crippen LogP contribution in [-0.2, 0) is 4.79 Å². The van der Waals surface area contributed by atoms with Gasteiger partial charge in [0.05, 0.1) is 0 Å². The third-order valence-corrected chi connectivity index (χ3v) is 2.41. The van der Waals surface area contributed by atoms with Crippen LogP contribution in [-0.4, -0.2) is 18.5 Å². The summed E-state index contributed by atoms with van der Waals surface area (Å²) in [5, 5.41) is 2.82. The second-order valence-corrected chi connectivity index (χ2v) is 3.67. The minimum atomic E-state index is -0.395. The van der Waals surface area contributed by atoms with E-state index in [-0.39, 0.29) is 5.91 Å². The van der Waals surface area contributed by atoms with Crippen LogP contribution < -0.4 is 10.2 Å². The van der Waals surface area contributed by atoms with Crippen LogP contribution in [0, 0.1) is 0 Å². The molecule has 1 heterocycles. The van der Waals surface area contributed by atoms with Gasteiger partial charge in [-0.1, -0.05) is 17.7 Å². The summed E-state index contributed by atoms with van der Waals surface area (Å²) in [5.74, 6) is -0.238. The fourth-order valence-electron chi connectivity index (χ4n) is 1.45. The zero-order valence-electron chi connectivity index (χ0n) is 7.87. The SMILES string of the molecule is O=C1CCN(c2cccc(Cl)c2)C(=O)N1. The molecule has 0 radical (unpaired) electrons. The number of imide groups is 1. The predicted octanol–water partition coefficient (Wildman–Crippen LogP) is 1.79. The van der Waals surface area contributed by atoms with Crippen LogP contribution >= 0.6 is 11.6 Å². The van der Waals surface area contributed by atoms with E-state index in [4.69, 9.17) is 11.6 Å². The summed E-state index contributed by atoms with van der Waals surface area (Å²) in [6.07, 6.45) is 0.318. The van der Waals surface area contributed by atoms with Crippen molar-refractivity contribution < 1.29 is 9.59 Å². The average molecular weight is 225 g/mol. The number of nitrogens with one attached hydrogen (secondary N) is 1. The van der Waals surface area contributed by atoms with Gasteiger partial charge >= 0.3 is 6.03 Å². The lowest BCUT2D eigenvalue weighted by molar-refractivity contribution is -0.120. The van der Waals surface area contributed by atoms with Gasteiger partial charge in [-0.2, -0.15) is 0 Å². The van der Waals surface area contributed by atoms with Crippen molar-refractivity contribution in [2.45, 2.75) is 6.42 Å². The van der Waals surface area contributed by atoms with Gasteiger partial charge in [-0.25, -0.2) is 4.79 Å². The first-order valence-electron chi connectivity index (χ1n) is 4.54. The molecule has 0 spiro atoms. The first-order valence-corrected chi connectivity index (χ1v) is 4.91. The van der Waals surface area contributed by atoms with E-state index < -0.39 is 6.03 Å². The fraction of sp³-hybridized carbons (Fsp3) is 0.200. The molecule has 78 valence electrons. The first-order chi connectivity index (χ1) is 7.16. The Morgan fingerprint density at radius 2 is 2.13 bits per heavy atom. The van der Waals surface area contributed by atoms with Gasteiger partial charge in [-0.15, -0.1) is 0 Å². The zero-order valence-corrected chi connectivity index (χ0v) is 8.62. The van der Waals surface area contributed by atoms with Crippen LogP contribution in [0.25, 0.3) is 0 Å². The molecule has 1 aromatic carbocycles. The lowest BCUT2D eigenvalue weighted by atomic mass is 10.2. The maximum Gasteiger partial charge on any atom is 0.328 e. The molecular formula is C10H9ClN2O2. The lowest BCUT2D eigenvalue weighted by Crippen LogP contribution is -2.49. The van der Waals surface area contributed by atoms with Gasteiger partial charge in [-0.05, 0) is 18.2 Å². The number of hydrogen-bond donors (Lipinski definition) is 1. The van der Waals surface area contributed by atoms with Gasteiger partial charge in [0, 0.05) is 23.7 Å². The molecule has 0 unspecified atom stereocenters. The second kappa shape index (κ2) is 3.90. The monoisotopic (exact) mass is 224 g/mol. The number of amides is 3. The first kappa shape index (κ1) is 9.98.